The first-order valence-corrected chi connectivity index (χ1v) is 6.23. The van der Waals surface area contributed by atoms with Crippen molar-refractivity contribution < 1.29 is 9.90 Å². The van der Waals surface area contributed by atoms with E-state index in [9.17, 15) is 9.59 Å². The van der Waals surface area contributed by atoms with Crippen molar-refractivity contribution in [1.82, 2.24) is 29.2 Å². The van der Waals surface area contributed by atoms with Gasteiger partial charge >= 0.3 is 5.97 Å². The van der Waals surface area contributed by atoms with Gasteiger partial charge in [-0.2, -0.15) is 5.10 Å². The Balaban J connectivity index is 1.83. The fourth-order valence-electron chi connectivity index (χ4n) is 2.04. The Bertz CT molecular complexity index is 875. The third kappa shape index (κ3) is 2.40. The van der Waals surface area contributed by atoms with Gasteiger partial charge in [0.1, 0.15) is 5.52 Å². The molecule has 1 N–H and O–H groups in total. The summed E-state index contributed by atoms with van der Waals surface area (Å²) in [5, 5.41) is 20.2. The maximum atomic E-state index is 12.2. The van der Waals surface area contributed by atoms with Crippen LogP contribution in [0.3, 0.4) is 0 Å². The summed E-state index contributed by atoms with van der Waals surface area (Å²) in [4.78, 5) is 22.9. The van der Waals surface area contributed by atoms with Crippen LogP contribution < -0.4 is 5.56 Å². The van der Waals surface area contributed by atoms with Crippen LogP contribution in [0.5, 0.6) is 0 Å². The number of carboxylic acid groups (broad SMARTS) is 1. The zero-order valence-electron chi connectivity index (χ0n) is 11.2. The summed E-state index contributed by atoms with van der Waals surface area (Å²) in [5.74, 6) is -1.13. The molecule has 9 nitrogen and oxygen atoms in total. The number of hydrogen-bond donors (Lipinski definition) is 1. The van der Waals surface area contributed by atoms with Crippen LogP contribution in [-0.4, -0.2) is 40.3 Å². The van der Waals surface area contributed by atoms with Gasteiger partial charge in [0.15, 0.2) is 5.69 Å². The van der Waals surface area contributed by atoms with Gasteiger partial charge in [-0.05, 0) is 13.0 Å². The molecule has 0 aliphatic rings. The fourth-order valence-corrected chi connectivity index (χ4v) is 2.04. The Kier molecular flexibility index (Phi) is 3.01. The number of aryl methyl sites for hydroxylation is 3. The van der Waals surface area contributed by atoms with Gasteiger partial charge in [0, 0.05) is 18.9 Å². The molecule has 0 atom stereocenters. The Labute approximate surface area is 118 Å². The summed E-state index contributed by atoms with van der Waals surface area (Å²) in [6, 6.07) is 1.72. The van der Waals surface area contributed by atoms with Crippen molar-refractivity contribution in [3.05, 3.63) is 46.4 Å². The van der Waals surface area contributed by atoms with Gasteiger partial charge in [0.25, 0.3) is 5.56 Å². The molecule has 3 aromatic heterocycles. The predicted molar refractivity (Wildman–Crippen MR) is 71.2 cm³/mol. The van der Waals surface area contributed by atoms with Crippen LogP contribution in [0, 0.1) is 6.92 Å². The largest absolute Gasteiger partial charge is 0.476 e. The summed E-state index contributed by atoms with van der Waals surface area (Å²) in [7, 11) is 0. The maximum Gasteiger partial charge on any atom is 0.358 e. The molecular weight excluding hydrogens is 276 g/mol. The molecule has 0 amide bonds. The average molecular weight is 288 g/mol. The zero-order chi connectivity index (χ0) is 15.0. The van der Waals surface area contributed by atoms with Gasteiger partial charge in [0.2, 0.25) is 0 Å². The van der Waals surface area contributed by atoms with Crippen molar-refractivity contribution >= 4 is 11.5 Å². The minimum Gasteiger partial charge on any atom is -0.476 e. The van der Waals surface area contributed by atoms with Crippen molar-refractivity contribution in [2.45, 2.75) is 20.0 Å². The molecule has 0 radical (unpaired) electrons. The van der Waals surface area contributed by atoms with Gasteiger partial charge in [0.05, 0.1) is 18.4 Å². The summed E-state index contributed by atoms with van der Waals surface area (Å²) in [5.41, 5.74) is 0.993. The number of rotatable bonds is 4. The number of aromatic carboxylic acids is 1. The fraction of sp³-hybridized carbons (Fsp3) is 0.250. The van der Waals surface area contributed by atoms with Gasteiger partial charge in [-0.25, -0.2) is 14.0 Å². The number of carboxylic acids is 1. The molecule has 0 fully saturated rings. The third-order valence-electron chi connectivity index (χ3n) is 3.05. The normalized spacial score (nSPS) is 11.1. The van der Waals surface area contributed by atoms with E-state index in [0.717, 1.165) is 5.69 Å². The number of aromatic nitrogens is 6. The lowest BCUT2D eigenvalue weighted by Gasteiger charge is -2.05. The smallest absolute Gasteiger partial charge is 0.358 e. The van der Waals surface area contributed by atoms with E-state index in [1.165, 1.54) is 20.0 Å². The molecule has 3 aromatic rings. The van der Waals surface area contributed by atoms with Gasteiger partial charge in [-0.3, -0.25) is 4.79 Å². The van der Waals surface area contributed by atoms with Crippen molar-refractivity contribution in [2.24, 2.45) is 0 Å². The van der Waals surface area contributed by atoms with Crippen molar-refractivity contribution in [2.75, 3.05) is 0 Å². The SMILES string of the molecule is Cc1cc2c(=O)n(CCn3cc(C(=O)O)nn3)ccn2n1. The molecule has 0 unspecified atom stereocenters. The van der Waals surface area contributed by atoms with E-state index in [1.54, 1.807) is 18.5 Å². The standard InChI is InChI=1S/C12H12N6O3/c1-8-6-10-11(19)16(3-5-18(10)14-8)2-4-17-7-9(12(20)21)13-15-17/h3,5-7H,2,4H2,1H3,(H,20,21). The van der Waals surface area contributed by atoms with E-state index in [2.05, 4.69) is 15.4 Å². The quantitative estimate of drug-likeness (QED) is 0.712. The highest BCUT2D eigenvalue weighted by molar-refractivity contribution is 5.84. The average Bonchev–Trinajstić information content (AvgIpc) is 3.04. The maximum absolute atomic E-state index is 12.2. The first-order valence-electron chi connectivity index (χ1n) is 6.23. The Morgan fingerprint density at radius 1 is 1.33 bits per heavy atom. The summed E-state index contributed by atoms with van der Waals surface area (Å²) in [6.07, 6.45) is 4.67. The second-order valence-electron chi connectivity index (χ2n) is 4.58. The number of nitrogens with zero attached hydrogens (tertiary/aromatic N) is 6. The minimum absolute atomic E-state index is 0.121. The van der Waals surface area contributed by atoms with Crippen LogP contribution >= 0.6 is 0 Å². The predicted octanol–water partition coefficient (Wildman–Crippen LogP) is -0.206. The molecule has 9 heteroatoms. The van der Waals surface area contributed by atoms with Gasteiger partial charge in [-0.1, -0.05) is 5.21 Å². The highest BCUT2D eigenvalue weighted by atomic mass is 16.4. The van der Waals surface area contributed by atoms with Crippen molar-refractivity contribution in [3.8, 4) is 0 Å². The van der Waals surface area contributed by atoms with Crippen LogP contribution in [0.25, 0.3) is 5.52 Å². The second-order valence-corrected chi connectivity index (χ2v) is 4.58. The second kappa shape index (κ2) is 4.85. The lowest BCUT2D eigenvalue weighted by atomic mass is 10.4. The molecule has 0 bridgehead atoms. The lowest BCUT2D eigenvalue weighted by molar-refractivity contribution is 0.0690. The first-order chi connectivity index (χ1) is 10.0. The molecular formula is C12H12N6O3. The first kappa shape index (κ1) is 13.0. The highest BCUT2D eigenvalue weighted by Crippen LogP contribution is 2.00. The van der Waals surface area contributed by atoms with Crippen LogP contribution in [0.2, 0.25) is 0 Å². The highest BCUT2D eigenvalue weighted by Gasteiger charge is 2.09. The molecule has 0 spiro atoms. The van der Waals surface area contributed by atoms with E-state index in [4.69, 9.17) is 5.11 Å². The molecule has 3 rings (SSSR count). The van der Waals surface area contributed by atoms with Crippen LogP contribution in [-0.2, 0) is 13.1 Å². The molecule has 0 saturated heterocycles. The van der Waals surface area contributed by atoms with Gasteiger partial charge < -0.3 is 9.67 Å². The summed E-state index contributed by atoms with van der Waals surface area (Å²) >= 11 is 0. The monoisotopic (exact) mass is 288 g/mol. The molecule has 21 heavy (non-hydrogen) atoms. The molecule has 0 aromatic carbocycles. The van der Waals surface area contributed by atoms with E-state index in [1.807, 2.05) is 6.92 Å². The molecule has 0 aliphatic heterocycles. The number of fused-ring (bicyclic) bond motifs is 1. The van der Waals surface area contributed by atoms with Gasteiger partial charge in [-0.15, -0.1) is 5.10 Å². The Hall–Kier alpha value is -2.97. The molecule has 108 valence electrons. The molecule has 0 saturated carbocycles. The Morgan fingerprint density at radius 2 is 2.14 bits per heavy atom. The van der Waals surface area contributed by atoms with E-state index < -0.39 is 5.97 Å². The topological polar surface area (TPSA) is 107 Å². The number of hydrogen-bond acceptors (Lipinski definition) is 5. The lowest BCUT2D eigenvalue weighted by Crippen LogP contribution is -2.23. The molecule has 3 heterocycles. The molecule has 0 aliphatic carbocycles. The third-order valence-corrected chi connectivity index (χ3v) is 3.05. The summed E-state index contributed by atoms with van der Waals surface area (Å²) in [6.45, 7) is 2.53. The van der Waals surface area contributed by atoms with E-state index >= 15 is 0 Å². The van der Waals surface area contributed by atoms with Crippen LogP contribution in [0.4, 0.5) is 0 Å². The van der Waals surface area contributed by atoms with Crippen LogP contribution in [0.1, 0.15) is 16.2 Å². The number of carbonyl (C=O) groups is 1. The van der Waals surface area contributed by atoms with E-state index in [-0.39, 0.29) is 11.3 Å². The van der Waals surface area contributed by atoms with Crippen molar-refractivity contribution in [1.29, 1.82) is 0 Å². The van der Waals surface area contributed by atoms with E-state index in [0.29, 0.717) is 18.6 Å². The summed E-state index contributed by atoms with van der Waals surface area (Å²) < 4.78 is 4.45. The minimum atomic E-state index is -1.13. The van der Waals surface area contributed by atoms with Crippen LogP contribution in [0.15, 0.2) is 29.5 Å². The van der Waals surface area contributed by atoms with Crippen molar-refractivity contribution in [3.63, 3.8) is 0 Å². The Morgan fingerprint density at radius 3 is 2.86 bits per heavy atom. The zero-order valence-corrected chi connectivity index (χ0v) is 11.2.